The van der Waals surface area contributed by atoms with Gasteiger partial charge in [-0.3, -0.25) is 4.79 Å². The van der Waals surface area contributed by atoms with Crippen molar-refractivity contribution in [3.05, 3.63) is 28.3 Å². The van der Waals surface area contributed by atoms with Gasteiger partial charge in [-0.05, 0) is 55.7 Å². The van der Waals surface area contributed by atoms with Crippen LogP contribution in [0.3, 0.4) is 0 Å². The quantitative estimate of drug-likeness (QED) is 0.828. The molecular formula is C22H32O4. The van der Waals surface area contributed by atoms with Gasteiger partial charge in [0.15, 0.2) is 0 Å². The molecule has 1 saturated heterocycles. The maximum atomic E-state index is 11.6. The third-order valence-electron chi connectivity index (χ3n) is 5.45. The number of esters is 1. The minimum absolute atomic E-state index is 0.00791. The number of benzene rings is 1. The molecule has 0 amide bonds. The van der Waals surface area contributed by atoms with Crippen molar-refractivity contribution in [2.45, 2.75) is 96.9 Å². The Hall–Kier alpha value is -1.55. The average Bonchev–Trinajstić information content (AvgIpc) is 2.80. The van der Waals surface area contributed by atoms with E-state index in [0.29, 0.717) is 12.8 Å². The van der Waals surface area contributed by atoms with Gasteiger partial charge in [-0.2, -0.15) is 0 Å². The van der Waals surface area contributed by atoms with E-state index in [1.807, 2.05) is 0 Å². The lowest BCUT2D eigenvalue weighted by molar-refractivity contribution is -0.160. The van der Waals surface area contributed by atoms with Gasteiger partial charge < -0.3 is 14.6 Å². The van der Waals surface area contributed by atoms with Crippen LogP contribution in [-0.4, -0.2) is 28.9 Å². The second-order valence-electron chi connectivity index (χ2n) is 9.56. The second-order valence-corrected chi connectivity index (χ2v) is 9.56. The van der Waals surface area contributed by atoms with Crippen LogP contribution in [0.5, 0.6) is 5.75 Å². The van der Waals surface area contributed by atoms with E-state index >= 15 is 0 Å². The molecule has 0 radical (unpaired) electrons. The molecule has 0 aliphatic carbocycles. The lowest BCUT2D eigenvalue weighted by atomic mass is 9.79. The van der Waals surface area contributed by atoms with Gasteiger partial charge in [0, 0.05) is 18.4 Å². The molecule has 1 aromatic carbocycles. The molecule has 2 aliphatic heterocycles. The van der Waals surface area contributed by atoms with Crippen LogP contribution in [-0.2, 0) is 27.8 Å². The number of rotatable bonds is 3. The van der Waals surface area contributed by atoms with Gasteiger partial charge in [0.2, 0.25) is 0 Å². The topological polar surface area (TPSA) is 55.8 Å². The first-order chi connectivity index (χ1) is 12.0. The minimum Gasteiger partial charge on any atom is -0.487 e. The van der Waals surface area contributed by atoms with Crippen molar-refractivity contribution in [2.75, 3.05) is 0 Å². The summed E-state index contributed by atoms with van der Waals surface area (Å²) in [5, 5.41) is 9.87. The lowest BCUT2D eigenvalue weighted by Gasteiger charge is -2.29. The Morgan fingerprint density at radius 3 is 2.62 bits per heavy atom. The van der Waals surface area contributed by atoms with Crippen molar-refractivity contribution in [1.82, 2.24) is 0 Å². The summed E-state index contributed by atoms with van der Waals surface area (Å²) in [5.74, 6) is 0.735. The smallest absolute Gasteiger partial charge is 0.308 e. The third-order valence-corrected chi connectivity index (χ3v) is 5.45. The first kappa shape index (κ1) is 19.2. The maximum Gasteiger partial charge on any atom is 0.308 e. The fraction of sp³-hybridized carbons (Fsp3) is 0.682. The highest BCUT2D eigenvalue weighted by Crippen LogP contribution is 2.44. The predicted octanol–water partition coefficient (Wildman–Crippen LogP) is 4.01. The van der Waals surface area contributed by atoms with E-state index in [1.54, 1.807) is 0 Å². The summed E-state index contributed by atoms with van der Waals surface area (Å²) in [6.07, 6.45) is 2.26. The monoisotopic (exact) mass is 360 g/mol. The molecule has 0 bridgehead atoms. The number of ether oxygens (including phenoxy) is 2. The number of aliphatic hydroxyl groups excluding tert-OH is 1. The Labute approximate surface area is 156 Å². The summed E-state index contributed by atoms with van der Waals surface area (Å²) in [4.78, 5) is 11.6. The molecule has 0 aromatic heterocycles. The molecule has 1 aromatic rings. The molecule has 0 saturated carbocycles. The fourth-order valence-corrected chi connectivity index (χ4v) is 4.22. The van der Waals surface area contributed by atoms with Crippen molar-refractivity contribution in [3.8, 4) is 5.75 Å². The Balaban J connectivity index is 1.92. The van der Waals surface area contributed by atoms with Crippen LogP contribution in [0.15, 0.2) is 6.07 Å². The zero-order chi connectivity index (χ0) is 19.3. The zero-order valence-electron chi connectivity index (χ0n) is 16.9. The van der Waals surface area contributed by atoms with Gasteiger partial charge in [-0.25, -0.2) is 0 Å². The molecule has 4 heteroatoms. The fourth-order valence-electron chi connectivity index (χ4n) is 4.22. The molecule has 1 fully saturated rings. The number of fused-ring (bicyclic) bond motifs is 1. The Morgan fingerprint density at radius 1 is 1.31 bits per heavy atom. The van der Waals surface area contributed by atoms with E-state index in [9.17, 15) is 9.90 Å². The summed E-state index contributed by atoms with van der Waals surface area (Å²) >= 11 is 0. The number of aliphatic hydroxyl groups is 1. The van der Waals surface area contributed by atoms with Crippen molar-refractivity contribution >= 4 is 5.97 Å². The highest BCUT2D eigenvalue weighted by atomic mass is 16.5. The predicted molar refractivity (Wildman–Crippen MR) is 102 cm³/mol. The van der Waals surface area contributed by atoms with Crippen molar-refractivity contribution < 1.29 is 19.4 Å². The van der Waals surface area contributed by atoms with E-state index in [4.69, 9.17) is 9.47 Å². The standard InChI is InChI=1S/C22H32O4/c1-13-9-18(21(2,3)4)16(20-17(13)12-22(5,6)26-20)8-7-15-10-14(23)11-19(24)25-15/h9,14-15,23H,7-8,10-12H2,1-6H3/t14-,15-/m1/s1. The van der Waals surface area contributed by atoms with Crippen molar-refractivity contribution in [2.24, 2.45) is 0 Å². The van der Waals surface area contributed by atoms with E-state index < -0.39 is 6.10 Å². The van der Waals surface area contributed by atoms with Crippen molar-refractivity contribution in [1.29, 1.82) is 0 Å². The normalized spacial score (nSPS) is 24.8. The van der Waals surface area contributed by atoms with Crippen LogP contribution < -0.4 is 4.74 Å². The summed E-state index contributed by atoms with van der Waals surface area (Å²) in [7, 11) is 0. The van der Waals surface area contributed by atoms with Gasteiger partial charge in [0.05, 0.1) is 12.5 Å². The van der Waals surface area contributed by atoms with Crippen molar-refractivity contribution in [3.63, 3.8) is 0 Å². The number of hydrogen-bond acceptors (Lipinski definition) is 4. The summed E-state index contributed by atoms with van der Waals surface area (Å²) in [6, 6.07) is 2.31. The van der Waals surface area contributed by atoms with Crippen LogP contribution >= 0.6 is 0 Å². The highest BCUT2D eigenvalue weighted by molar-refractivity contribution is 5.71. The van der Waals surface area contributed by atoms with Gasteiger partial charge in [0.25, 0.3) is 0 Å². The molecule has 2 aliphatic rings. The maximum absolute atomic E-state index is 11.6. The van der Waals surface area contributed by atoms with E-state index in [1.165, 1.54) is 22.3 Å². The summed E-state index contributed by atoms with van der Waals surface area (Å²) < 4.78 is 11.8. The molecule has 0 spiro atoms. The first-order valence-electron chi connectivity index (χ1n) is 9.68. The number of carbonyl (C=O) groups is 1. The number of aryl methyl sites for hydroxylation is 1. The molecule has 3 rings (SSSR count). The molecule has 144 valence electrons. The highest BCUT2D eigenvalue weighted by Gasteiger charge is 2.36. The van der Waals surface area contributed by atoms with E-state index in [2.05, 4.69) is 47.6 Å². The number of hydrogen-bond donors (Lipinski definition) is 1. The zero-order valence-corrected chi connectivity index (χ0v) is 16.9. The van der Waals surface area contributed by atoms with E-state index in [0.717, 1.165) is 18.6 Å². The average molecular weight is 360 g/mol. The lowest BCUT2D eigenvalue weighted by Crippen LogP contribution is -2.33. The van der Waals surface area contributed by atoms with E-state index in [-0.39, 0.29) is 29.5 Å². The van der Waals surface area contributed by atoms with Crippen LogP contribution in [0.2, 0.25) is 0 Å². The van der Waals surface area contributed by atoms with Gasteiger partial charge in [-0.1, -0.05) is 26.8 Å². The molecule has 26 heavy (non-hydrogen) atoms. The van der Waals surface area contributed by atoms with Crippen LogP contribution in [0.25, 0.3) is 0 Å². The first-order valence-corrected chi connectivity index (χ1v) is 9.68. The van der Waals surface area contributed by atoms with Gasteiger partial charge in [-0.15, -0.1) is 0 Å². The Morgan fingerprint density at radius 2 is 2.00 bits per heavy atom. The number of cyclic esters (lactones) is 1. The molecule has 2 heterocycles. The summed E-state index contributed by atoms with van der Waals surface area (Å²) in [6.45, 7) is 13.1. The van der Waals surface area contributed by atoms with Crippen LogP contribution in [0.4, 0.5) is 0 Å². The Kier molecular flexibility index (Phi) is 4.85. The van der Waals surface area contributed by atoms with Crippen LogP contribution in [0, 0.1) is 6.92 Å². The molecule has 4 nitrogen and oxygen atoms in total. The van der Waals surface area contributed by atoms with Gasteiger partial charge in [0.1, 0.15) is 17.5 Å². The molecule has 0 unspecified atom stereocenters. The minimum atomic E-state index is -0.581. The van der Waals surface area contributed by atoms with Crippen LogP contribution in [0.1, 0.15) is 76.1 Å². The second kappa shape index (κ2) is 6.56. The number of carbonyl (C=O) groups excluding carboxylic acids is 1. The third kappa shape index (κ3) is 3.90. The SMILES string of the molecule is Cc1cc(C(C)(C)C)c(CC[C@@H]2C[C@@H](O)CC(=O)O2)c2c1CC(C)(C)O2. The molecular weight excluding hydrogens is 328 g/mol. The molecule has 1 N–H and O–H groups in total. The Bertz CT molecular complexity index is 712. The molecule has 2 atom stereocenters. The summed E-state index contributed by atoms with van der Waals surface area (Å²) in [5.41, 5.74) is 4.95. The largest absolute Gasteiger partial charge is 0.487 e. The van der Waals surface area contributed by atoms with Gasteiger partial charge >= 0.3 is 5.97 Å².